The largest absolute Gasteiger partial charge is 0.462 e. The van der Waals surface area contributed by atoms with Gasteiger partial charge >= 0.3 is 5.97 Å². The Morgan fingerprint density at radius 1 is 1.35 bits per heavy atom. The van der Waals surface area contributed by atoms with Gasteiger partial charge in [0.15, 0.2) is 0 Å². The van der Waals surface area contributed by atoms with Gasteiger partial charge in [0.25, 0.3) is 0 Å². The van der Waals surface area contributed by atoms with E-state index in [4.69, 9.17) is 10.3 Å². The molecule has 0 saturated carbocycles. The first-order valence-electron chi connectivity index (χ1n) is 7.05. The van der Waals surface area contributed by atoms with Gasteiger partial charge in [-0.1, -0.05) is 35.4 Å². The molecule has 1 saturated heterocycles. The minimum Gasteiger partial charge on any atom is -0.462 e. The van der Waals surface area contributed by atoms with Gasteiger partial charge in [0.05, 0.1) is 0 Å². The highest BCUT2D eigenvalue weighted by atomic mass is 16.5. The molecule has 0 bridgehead atoms. The van der Waals surface area contributed by atoms with Crippen molar-refractivity contribution in [3.63, 3.8) is 0 Å². The fourth-order valence-electron chi connectivity index (χ4n) is 2.52. The van der Waals surface area contributed by atoms with Crippen molar-refractivity contribution in [2.75, 3.05) is 0 Å². The molecular weight excluding hydrogens is 254 g/mol. The molecule has 106 valence electrons. The van der Waals surface area contributed by atoms with E-state index in [1.54, 1.807) is 0 Å². The van der Waals surface area contributed by atoms with E-state index in [1.807, 2.05) is 18.2 Å². The van der Waals surface area contributed by atoms with Crippen LogP contribution in [-0.2, 0) is 16.0 Å². The van der Waals surface area contributed by atoms with E-state index in [0.29, 0.717) is 12.8 Å². The van der Waals surface area contributed by atoms with Crippen LogP contribution in [0.5, 0.6) is 0 Å². The lowest BCUT2D eigenvalue weighted by molar-refractivity contribution is -0.151. The summed E-state index contributed by atoms with van der Waals surface area (Å²) >= 11 is 0. The van der Waals surface area contributed by atoms with Crippen LogP contribution in [0.2, 0.25) is 0 Å². The number of azide groups is 1. The molecule has 2 rings (SSSR count). The molecule has 0 N–H and O–H groups in total. The van der Waals surface area contributed by atoms with Crippen LogP contribution in [0.3, 0.4) is 0 Å². The van der Waals surface area contributed by atoms with E-state index in [-0.39, 0.29) is 18.1 Å². The summed E-state index contributed by atoms with van der Waals surface area (Å²) < 4.78 is 5.47. The molecule has 0 spiro atoms. The Labute approximate surface area is 118 Å². The van der Waals surface area contributed by atoms with Gasteiger partial charge in [-0.3, -0.25) is 4.79 Å². The van der Waals surface area contributed by atoms with Crippen LogP contribution in [0.4, 0.5) is 0 Å². The molecule has 0 amide bonds. The zero-order valence-electron chi connectivity index (χ0n) is 11.4. The monoisotopic (exact) mass is 273 g/mol. The van der Waals surface area contributed by atoms with E-state index in [0.717, 1.165) is 25.7 Å². The number of nitrogens with zero attached hydrogens (tertiary/aromatic N) is 3. The van der Waals surface area contributed by atoms with Crippen LogP contribution in [0, 0.1) is 0 Å². The second-order valence-electron chi connectivity index (χ2n) is 5.12. The summed E-state index contributed by atoms with van der Waals surface area (Å²) in [5, 5.41) is 3.80. The second kappa shape index (κ2) is 7.56. The average Bonchev–Trinajstić information content (AvgIpc) is 2.44. The minimum atomic E-state index is -0.154. The fourth-order valence-corrected chi connectivity index (χ4v) is 2.52. The van der Waals surface area contributed by atoms with E-state index in [1.165, 1.54) is 5.56 Å². The number of hydrogen-bond donors (Lipinski definition) is 0. The summed E-state index contributed by atoms with van der Waals surface area (Å²) in [5.74, 6) is -0.137. The summed E-state index contributed by atoms with van der Waals surface area (Å²) in [5.41, 5.74) is 9.81. The van der Waals surface area contributed by atoms with Crippen LogP contribution in [0.15, 0.2) is 35.4 Å². The summed E-state index contributed by atoms with van der Waals surface area (Å²) in [6.07, 6.45) is 4.02. The van der Waals surface area contributed by atoms with E-state index in [9.17, 15) is 4.79 Å². The Morgan fingerprint density at radius 3 is 2.90 bits per heavy atom. The minimum absolute atomic E-state index is 0.0612. The Balaban J connectivity index is 1.94. The number of benzene rings is 1. The predicted octanol–water partition coefficient (Wildman–Crippen LogP) is 3.78. The number of hydrogen-bond acceptors (Lipinski definition) is 3. The highest BCUT2D eigenvalue weighted by molar-refractivity contribution is 5.69. The Kier molecular flexibility index (Phi) is 5.44. The molecule has 5 nitrogen and oxygen atoms in total. The molecule has 1 fully saturated rings. The molecule has 1 aliphatic rings. The number of rotatable bonds is 4. The number of esters is 1. The highest BCUT2D eigenvalue weighted by Crippen LogP contribution is 2.21. The lowest BCUT2D eigenvalue weighted by Crippen LogP contribution is -2.26. The van der Waals surface area contributed by atoms with E-state index in [2.05, 4.69) is 22.2 Å². The maximum atomic E-state index is 11.6. The van der Waals surface area contributed by atoms with Crippen molar-refractivity contribution < 1.29 is 9.53 Å². The summed E-state index contributed by atoms with van der Waals surface area (Å²) in [6, 6.07) is 10.1. The Morgan fingerprint density at radius 2 is 2.15 bits per heavy atom. The molecule has 1 aromatic rings. The number of ether oxygens (including phenoxy) is 1. The number of carbonyl (C=O) groups excluding carboxylic acids is 1. The van der Waals surface area contributed by atoms with Gasteiger partial charge in [0.2, 0.25) is 0 Å². The van der Waals surface area contributed by atoms with Gasteiger partial charge in [-0.15, -0.1) is 0 Å². The van der Waals surface area contributed by atoms with Crippen LogP contribution < -0.4 is 0 Å². The normalized spacial score (nSPS) is 23.1. The zero-order valence-corrected chi connectivity index (χ0v) is 11.4. The molecule has 0 unspecified atom stereocenters. The maximum absolute atomic E-state index is 11.6. The van der Waals surface area contributed by atoms with Crippen molar-refractivity contribution in [2.24, 2.45) is 5.11 Å². The average molecular weight is 273 g/mol. The molecule has 20 heavy (non-hydrogen) atoms. The first-order valence-corrected chi connectivity index (χ1v) is 7.05. The van der Waals surface area contributed by atoms with Crippen molar-refractivity contribution in [1.29, 1.82) is 0 Å². The van der Waals surface area contributed by atoms with Gasteiger partial charge in [0, 0.05) is 17.4 Å². The van der Waals surface area contributed by atoms with Gasteiger partial charge in [0.1, 0.15) is 6.10 Å². The summed E-state index contributed by atoms with van der Waals surface area (Å²) in [6.45, 7) is 0. The summed E-state index contributed by atoms with van der Waals surface area (Å²) in [4.78, 5) is 14.5. The Hall–Kier alpha value is -2.00. The van der Waals surface area contributed by atoms with Crippen LogP contribution in [0.25, 0.3) is 10.4 Å². The predicted molar refractivity (Wildman–Crippen MR) is 76.0 cm³/mol. The van der Waals surface area contributed by atoms with E-state index >= 15 is 0 Å². The topological polar surface area (TPSA) is 75.1 Å². The maximum Gasteiger partial charge on any atom is 0.306 e. The van der Waals surface area contributed by atoms with Crippen molar-refractivity contribution >= 4 is 5.97 Å². The molecule has 0 radical (unpaired) electrons. The van der Waals surface area contributed by atoms with Crippen molar-refractivity contribution in [3.05, 3.63) is 46.3 Å². The standard InChI is InChI=1S/C15H19N3O2/c16-18-17-13-7-4-8-15(19)20-14(11-13)10-9-12-5-2-1-3-6-12/h1-3,5-6,13-14H,4,7-11H2/t13-,14+/m0/s1. The number of aryl methyl sites for hydroxylation is 1. The molecule has 5 heteroatoms. The summed E-state index contributed by atoms with van der Waals surface area (Å²) in [7, 11) is 0. The molecule has 2 atom stereocenters. The van der Waals surface area contributed by atoms with Gasteiger partial charge in [-0.25, -0.2) is 0 Å². The first kappa shape index (κ1) is 14.4. The quantitative estimate of drug-likeness (QED) is 0.362. The Bertz CT molecular complexity index is 483. The van der Waals surface area contributed by atoms with Crippen LogP contribution >= 0.6 is 0 Å². The van der Waals surface area contributed by atoms with Gasteiger partial charge < -0.3 is 4.74 Å². The third-order valence-corrected chi connectivity index (χ3v) is 3.56. The molecule has 1 heterocycles. The van der Waals surface area contributed by atoms with Crippen molar-refractivity contribution in [3.8, 4) is 0 Å². The van der Waals surface area contributed by atoms with E-state index < -0.39 is 0 Å². The third-order valence-electron chi connectivity index (χ3n) is 3.56. The lowest BCUT2D eigenvalue weighted by atomic mass is 9.97. The lowest BCUT2D eigenvalue weighted by Gasteiger charge is -2.24. The zero-order chi connectivity index (χ0) is 14.2. The first-order chi connectivity index (χ1) is 9.78. The highest BCUT2D eigenvalue weighted by Gasteiger charge is 2.22. The van der Waals surface area contributed by atoms with Gasteiger partial charge in [-0.05, 0) is 43.2 Å². The number of carbonyl (C=O) groups is 1. The smallest absolute Gasteiger partial charge is 0.306 e. The molecule has 0 aromatic heterocycles. The molecule has 1 aromatic carbocycles. The SMILES string of the molecule is [N-]=[N+]=N[C@H]1CCCC(=O)O[C@H](CCc2ccccc2)C1. The van der Waals surface area contributed by atoms with Crippen LogP contribution in [-0.4, -0.2) is 18.1 Å². The van der Waals surface area contributed by atoms with Crippen molar-refractivity contribution in [1.82, 2.24) is 0 Å². The molecule has 0 aliphatic carbocycles. The van der Waals surface area contributed by atoms with Gasteiger partial charge in [-0.2, -0.15) is 0 Å². The molecule has 1 aliphatic heterocycles. The number of cyclic esters (lactones) is 1. The fraction of sp³-hybridized carbons (Fsp3) is 0.533. The van der Waals surface area contributed by atoms with Crippen LogP contribution in [0.1, 0.15) is 37.7 Å². The molecular formula is C15H19N3O2. The third kappa shape index (κ3) is 4.59. The van der Waals surface area contributed by atoms with Crippen molar-refractivity contribution in [2.45, 2.75) is 50.7 Å². The second-order valence-corrected chi connectivity index (χ2v) is 5.12.